The molecule has 1 fully saturated rings. The van der Waals surface area contributed by atoms with E-state index in [0.717, 1.165) is 37.6 Å². The number of hydrogen-bond donors (Lipinski definition) is 1. The van der Waals surface area contributed by atoms with Crippen LogP contribution in [0.15, 0.2) is 36.5 Å². The number of benzene rings is 1. The second-order valence-corrected chi connectivity index (χ2v) is 4.89. The van der Waals surface area contributed by atoms with Crippen LogP contribution in [0, 0.1) is 11.3 Å². The molecule has 21 heavy (non-hydrogen) atoms. The van der Waals surface area contributed by atoms with Crippen LogP contribution < -0.4 is 15.5 Å². The van der Waals surface area contributed by atoms with Crippen molar-refractivity contribution in [2.24, 2.45) is 0 Å². The lowest BCUT2D eigenvalue weighted by Crippen LogP contribution is -2.47. The van der Waals surface area contributed by atoms with Gasteiger partial charge in [0.2, 0.25) is 5.95 Å². The Morgan fingerprint density at radius 3 is 2.48 bits per heavy atom. The van der Waals surface area contributed by atoms with E-state index in [4.69, 9.17) is 11.0 Å². The lowest BCUT2D eigenvalue weighted by atomic mass is 10.2. The van der Waals surface area contributed by atoms with Crippen molar-refractivity contribution >= 4 is 17.3 Å². The van der Waals surface area contributed by atoms with E-state index in [1.165, 1.54) is 0 Å². The first-order chi connectivity index (χ1) is 10.3. The molecule has 106 valence electrons. The van der Waals surface area contributed by atoms with Crippen molar-refractivity contribution in [3.63, 3.8) is 0 Å². The van der Waals surface area contributed by atoms with Crippen LogP contribution in [-0.2, 0) is 0 Å². The standard InChI is InChI=1S/C15H16N6/c16-11-12-5-6-18-15(19-12)21-9-7-20(8-10-21)14-4-2-1-3-13(14)17/h1-6H,7-10,17H2. The van der Waals surface area contributed by atoms with Gasteiger partial charge in [-0.1, -0.05) is 12.1 Å². The summed E-state index contributed by atoms with van der Waals surface area (Å²) in [7, 11) is 0. The zero-order valence-corrected chi connectivity index (χ0v) is 11.6. The number of nitrogens with two attached hydrogens (primary N) is 1. The predicted octanol–water partition coefficient (Wildman–Crippen LogP) is 1.26. The molecule has 1 aromatic carbocycles. The molecule has 6 heteroatoms. The average molecular weight is 280 g/mol. The van der Waals surface area contributed by atoms with Crippen molar-refractivity contribution in [1.29, 1.82) is 5.26 Å². The summed E-state index contributed by atoms with van der Waals surface area (Å²) in [4.78, 5) is 12.8. The number of aromatic nitrogens is 2. The average Bonchev–Trinajstić information content (AvgIpc) is 2.56. The SMILES string of the molecule is N#Cc1ccnc(N2CCN(c3ccccc3N)CC2)n1. The van der Waals surface area contributed by atoms with E-state index in [1.54, 1.807) is 12.3 Å². The molecule has 1 aliphatic rings. The van der Waals surface area contributed by atoms with Crippen LogP contribution in [0.4, 0.5) is 17.3 Å². The molecule has 1 saturated heterocycles. The Morgan fingerprint density at radius 1 is 1.05 bits per heavy atom. The Bertz CT molecular complexity index is 670. The number of hydrogen-bond acceptors (Lipinski definition) is 6. The minimum Gasteiger partial charge on any atom is -0.397 e. The zero-order valence-electron chi connectivity index (χ0n) is 11.6. The lowest BCUT2D eigenvalue weighted by Gasteiger charge is -2.36. The van der Waals surface area contributed by atoms with Gasteiger partial charge in [0.1, 0.15) is 11.8 Å². The second kappa shape index (κ2) is 5.67. The summed E-state index contributed by atoms with van der Waals surface area (Å²) in [5.41, 5.74) is 8.29. The summed E-state index contributed by atoms with van der Waals surface area (Å²) < 4.78 is 0. The van der Waals surface area contributed by atoms with Crippen LogP contribution in [0.3, 0.4) is 0 Å². The minimum absolute atomic E-state index is 0.398. The molecule has 2 aromatic rings. The van der Waals surface area contributed by atoms with Gasteiger partial charge in [0.15, 0.2) is 0 Å². The number of nitrogens with zero attached hydrogens (tertiary/aromatic N) is 5. The third-order valence-electron chi connectivity index (χ3n) is 3.60. The number of para-hydroxylation sites is 2. The molecule has 1 aromatic heterocycles. The van der Waals surface area contributed by atoms with Gasteiger partial charge >= 0.3 is 0 Å². The molecule has 6 nitrogen and oxygen atoms in total. The molecule has 1 aliphatic heterocycles. The van der Waals surface area contributed by atoms with Gasteiger partial charge in [-0.25, -0.2) is 9.97 Å². The number of anilines is 3. The summed E-state index contributed by atoms with van der Waals surface area (Å²) in [6.45, 7) is 3.33. The van der Waals surface area contributed by atoms with Crippen LogP contribution in [-0.4, -0.2) is 36.1 Å². The van der Waals surface area contributed by atoms with Crippen molar-refractivity contribution < 1.29 is 0 Å². The largest absolute Gasteiger partial charge is 0.397 e. The first kappa shape index (κ1) is 13.2. The summed E-state index contributed by atoms with van der Waals surface area (Å²) in [5, 5.41) is 8.90. The summed E-state index contributed by atoms with van der Waals surface area (Å²) in [5.74, 6) is 0.620. The molecule has 0 spiro atoms. The Balaban J connectivity index is 1.71. The van der Waals surface area contributed by atoms with Crippen molar-refractivity contribution in [1.82, 2.24) is 9.97 Å². The zero-order chi connectivity index (χ0) is 14.7. The fourth-order valence-corrected chi connectivity index (χ4v) is 2.49. The van der Waals surface area contributed by atoms with Crippen molar-refractivity contribution in [3.05, 3.63) is 42.2 Å². The third-order valence-corrected chi connectivity index (χ3v) is 3.60. The first-order valence-electron chi connectivity index (χ1n) is 6.85. The molecule has 0 atom stereocenters. The van der Waals surface area contributed by atoms with Crippen molar-refractivity contribution in [2.45, 2.75) is 0 Å². The van der Waals surface area contributed by atoms with Gasteiger partial charge < -0.3 is 15.5 Å². The molecule has 0 bridgehead atoms. The molecule has 2 N–H and O–H groups in total. The van der Waals surface area contributed by atoms with E-state index in [1.807, 2.05) is 30.3 Å². The van der Waals surface area contributed by atoms with Crippen molar-refractivity contribution in [3.8, 4) is 6.07 Å². The van der Waals surface area contributed by atoms with E-state index in [0.29, 0.717) is 11.6 Å². The Labute approximate surface area is 123 Å². The highest BCUT2D eigenvalue weighted by molar-refractivity contribution is 5.67. The van der Waals surface area contributed by atoms with Crippen LogP contribution in [0.1, 0.15) is 5.69 Å². The van der Waals surface area contributed by atoms with Crippen LogP contribution in [0.2, 0.25) is 0 Å². The molecular formula is C15H16N6. The normalized spacial score (nSPS) is 14.8. The quantitative estimate of drug-likeness (QED) is 0.834. The predicted molar refractivity (Wildman–Crippen MR) is 82.0 cm³/mol. The fourth-order valence-electron chi connectivity index (χ4n) is 2.49. The van der Waals surface area contributed by atoms with E-state index in [9.17, 15) is 0 Å². The van der Waals surface area contributed by atoms with Crippen LogP contribution in [0.5, 0.6) is 0 Å². The van der Waals surface area contributed by atoms with Gasteiger partial charge in [-0.2, -0.15) is 5.26 Å². The van der Waals surface area contributed by atoms with Crippen LogP contribution in [0.25, 0.3) is 0 Å². The van der Waals surface area contributed by atoms with Gasteiger partial charge in [-0.3, -0.25) is 0 Å². The first-order valence-corrected chi connectivity index (χ1v) is 6.85. The second-order valence-electron chi connectivity index (χ2n) is 4.89. The highest BCUT2D eigenvalue weighted by Gasteiger charge is 2.20. The number of piperazine rings is 1. The molecular weight excluding hydrogens is 264 g/mol. The third kappa shape index (κ3) is 2.72. The highest BCUT2D eigenvalue weighted by Crippen LogP contribution is 2.24. The van der Waals surface area contributed by atoms with E-state index >= 15 is 0 Å². The maximum Gasteiger partial charge on any atom is 0.226 e. The van der Waals surface area contributed by atoms with Gasteiger partial charge in [0.05, 0.1) is 11.4 Å². The van der Waals surface area contributed by atoms with Crippen LogP contribution >= 0.6 is 0 Å². The van der Waals surface area contributed by atoms with Gasteiger partial charge in [0, 0.05) is 32.4 Å². The highest BCUT2D eigenvalue weighted by atomic mass is 15.3. The molecule has 0 saturated carbocycles. The summed E-state index contributed by atoms with van der Waals surface area (Å²) in [6.07, 6.45) is 1.63. The van der Waals surface area contributed by atoms with E-state index in [-0.39, 0.29) is 0 Å². The van der Waals surface area contributed by atoms with Crippen molar-refractivity contribution in [2.75, 3.05) is 41.7 Å². The lowest BCUT2D eigenvalue weighted by molar-refractivity contribution is 0.640. The molecule has 0 aliphatic carbocycles. The van der Waals surface area contributed by atoms with Gasteiger partial charge in [-0.15, -0.1) is 0 Å². The molecule has 0 radical (unpaired) electrons. The van der Waals surface area contributed by atoms with E-state index in [2.05, 4.69) is 19.8 Å². The smallest absolute Gasteiger partial charge is 0.226 e. The number of nitrogen functional groups attached to an aromatic ring is 1. The Morgan fingerprint density at radius 2 is 1.76 bits per heavy atom. The molecule has 0 unspecified atom stereocenters. The van der Waals surface area contributed by atoms with E-state index < -0.39 is 0 Å². The Hall–Kier alpha value is -2.81. The number of rotatable bonds is 2. The van der Waals surface area contributed by atoms with Gasteiger partial charge in [0.25, 0.3) is 0 Å². The monoisotopic (exact) mass is 280 g/mol. The number of nitriles is 1. The summed E-state index contributed by atoms with van der Waals surface area (Å²) >= 11 is 0. The molecule has 0 amide bonds. The maximum atomic E-state index is 8.90. The fraction of sp³-hybridized carbons (Fsp3) is 0.267. The molecule has 2 heterocycles. The Kier molecular flexibility index (Phi) is 3.56. The van der Waals surface area contributed by atoms with Gasteiger partial charge in [-0.05, 0) is 18.2 Å². The maximum absolute atomic E-state index is 8.90. The summed E-state index contributed by atoms with van der Waals surface area (Å²) in [6, 6.07) is 11.6. The topological polar surface area (TPSA) is 82.1 Å². The molecule has 3 rings (SSSR count). The minimum atomic E-state index is 0.398.